The average Bonchev–Trinajstić information content (AvgIpc) is 2.83. The summed E-state index contributed by atoms with van der Waals surface area (Å²) in [4.78, 5) is 0. The molecule has 0 amide bonds. The first-order valence-corrected chi connectivity index (χ1v) is 5.10. The van der Waals surface area contributed by atoms with Crippen LogP contribution in [0.2, 0.25) is 0 Å². The van der Waals surface area contributed by atoms with Gasteiger partial charge >= 0.3 is 0 Å². The number of nitrogens with one attached hydrogen (secondary N) is 1. The van der Waals surface area contributed by atoms with Crippen molar-refractivity contribution in [1.82, 2.24) is 14.8 Å². The Kier molecular flexibility index (Phi) is 1.85. The molecule has 0 saturated carbocycles. The maximum Gasteiger partial charge on any atom is 0.195 e. The summed E-state index contributed by atoms with van der Waals surface area (Å²) in [5.41, 5.74) is 1.16. The summed E-state index contributed by atoms with van der Waals surface area (Å²) in [6, 6.07) is 8.15. The number of benzene rings is 1. The predicted molar refractivity (Wildman–Crippen MR) is 57.5 cm³/mol. The molecule has 1 unspecified atom stereocenters. The maximum absolute atomic E-state index is 5.58. The lowest BCUT2D eigenvalue weighted by Crippen LogP contribution is -2.11. The molecule has 0 saturated heterocycles. The zero-order valence-electron chi connectivity index (χ0n) is 7.88. The predicted octanol–water partition coefficient (Wildman–Crippen LogP) is 1.92. The molecular formula is C10H9N3OS. The third-order valence-corrected chi connectivity index (χ3v) is 2.89. The minimum absolute atomic E-state index is 0.146. The highest BCUT2D eigenvalue weighted by molar-refractivity contribution is 7.71. The van der Waals surface area contributed by atoms with Gasteiger partial charge in [-0.05, 0) is 18.3 Å². The van der Waals surface area contributed by atoms with Gasteiger partial charge in [0, 0.05) is 5.56 Å². The number of hydrogen-bond acceptors (Lipinski definition) is 3. The molecule has 1 aliphatic rings. The van der Waals surface area contributed by atoms with Gasteiger partial charge in [-0.3, -0.25) is 9.67 Å². The summed E-state index contributed by atoms with van der Waals surface area (Å²) < 4.78 is 8.12. The number of aromatic amines is 1. The standard InChI is InChI=1S/C10H9N3OS/c15-10-12-11-6-13(10)8-5-14-9-4-2-1-3-7(8)9/h1-4,6,8H,5H2,(H,12,15). The Hall–Kier alpha value is -1.62. The van der Waals surface area contributed by atoms with E-state index in [1.165, 1.54) is 0 Å². The number of H-pyrrole nitrogens is 1. The van der Waals surface area contributed by atoms with Crippen LogP contribution >= 0.6 is 12.2 Å². The molecular weight excluding hydrogens is 210 g/mol. The summed E-state index contributed by atoms with van der Waals surface area (Å²) in [6.45, 7) is 0.618. The number of ether oxygens (including phenoxy) is 1. The van der Waals surface area contributed by atoms with Crippen molar-refractivity contribution in [1.29, 1.82) is 0 Å². The number of aromatic nitrogens is 3. The summed E-state index contributed by atoms with van der Waals surface area (Å²) in [7, 11) is 0. The van der Waals surface area contributed by atoms with Crippen molar-refractivity contribution in [3.8, 4) is 5.75 Å². The van der Waals surface area contributed by atoms with Gasteiger partial charge in [0.25, 0.3) is 0 Å². The third kappa shape index (κ3) is 1.27. The van der Waals surface area contributed by atoms with E-state index in [1.54, 1.807) is 6.33 Å². The van der Waals surface area contributed by atoms with Gasteiger partial charge in [-0.25, -0.2) is 0 Å². The Morgan fingerprint density at radius 2 is 2.33 bits per heavy atom. The molecule has 1 atom stereocenters. The van der Waals surface area contributed by atoms with Crippen molar-refractivity contribution in [3.05, 3.63) is 40.9 Å². The molecule has 0 aliphatic carbocycles. The minimum atomic E-state index is 0.146. The zero-order valence-corrected chi connectivity index (χ0v) is 8.70. The van der Waals surface area contributed by atoms with E-state index in [4.69, 9.17) is 17.0 Å². The first-order valence-electron chi connectivity index (χ1n) is 4.69. The van der Waals surface area contributed by atoms with Crippen LogP contribution in [0.3, 0.4) is 0 Å². The van der Waals surface area contributed by atoms with E-state index < -0.39 is 0 Å². The summed E-state index contributed by atoms with van der Waals surface area (Å²) in [5.74, 6) is 0.936. The Labute approximate surface area is 91.5 Å². The molecule has 1 aliphatic heterocycles. The van der Waals surface area contributed by atoms with Crippen LogP contribution in [-0.2, 0) is 0 Å². The molecule has 2 aromatic rings. The van der Waals surface area contributed by atoms with E-state index in [0.29, 0.717) is 11.4 Å². The van der Waals surface area contributed by atoms with Crippen LogP contribution in [0.1, 0.15) is 11.6 Å². The lowest BCUT2D eigenvalue weighted by Gasteiger charge is -2.08. The molecule has 0 bridgehead atoms. The molecule has 0 spiro atoms. The van der Waals surface area contributed by atoms with E-state index in [2.05, 4.69) is 16.3 Å². The Balaban J connectivity index is 2.12. The van der Waals surface area contributed by atoms with Gasteiger partial charge in [0.05, 0.1) is 6.04 Å². The second-order valence-corrected chi connectivity index (χ2v) is 3.82. The van der Waals surface area contributed by atoms with Crippen molar-refractivity contribution in [2.45, 2.75) is 6.04 Å². The lowest BCUT2D eigenvalue weighted by molar-refractivity contribution is 0.315. The van der Waals surface area contributed by atoms with Gasteiger partial charge in [0.15, 0.2) is 4.77 Å². The Morgan fingerprint density at radius 1 is 1.47 bits per heavy atom. The number of nitrogens with zero attached hydrogens (tertiary/aromatic N) is 2. The first-order chi connectivity index (χ1) is 7.36. The first kappa shape index (κ1) is 8.67. The van der Waals surface area contributed by atoms with Crippen molar-refractivity contribution in [2.24, 2.45) is 0 Å². The van der Waals surface area contributed by atoms with Crippen molar-refractivity contribution >= 4 is 12.2 Å². The number of rotatable bonds is 1. The molecule has 0 fully saturated rings. The molecule has 4 nitrogen and oxygen atoms in total. The molecule has 1 N–H and O–H groups in total. The van der Waals surface area contributed by atoms with Gasteiger partial charge in [0.2, 0.25) is 0 Å². The normalized spacial score (nSPS) is 18.5. The van der Waals surface area contributed by atoms with Crippen molar-refractivity contribution < 1.29 is 4.74 Å². The highest BCUT2D eigenvalue weighted by Crippen LogP contribution is 2.34. The maximum atomic E-state index is 5.58. The van der Waals surface area contributed by atoms with Gasteiger partial charge in [-0.1, -0.05) is 18.2 Å². The highest BCUT2D eigenvalue weighted by atomic mass is 32.1. The van der Waals surface area contributed by atoms with Crippen LogP contribution in [0.5, 0.6) is 5.75 Å². The highest BCUT2D eigenvalue weighted by Gasteiger charge is 2.25. The molecule has 1 aromatic heterocycles. The topological polar surface area (TPSA) is 42.8 Å². The third-order valence-electron chi connectivity index (χ3n) is 2.59. The smallest absolute Gasteiger partial charge is 0.195 e. The van der Waals surface area contributed by atoms with Gasteiger partial charge < -0.3 is 4.74 Å². The Bertz CT molecular complexity index is 545. The van der Waals surface area contributed by atoms with Crippen molar-refractivity contribution in [2.75, 3.05) is 6.61 Å². The van der Waals surface area contributed by atoms with Crippen LogP contribution in [0, 0.1) is 4.77 Å². The zero-order chi connectivity index (χ0) is 10.3. The summed E-state index contributed by atoms with van der Waals surface area (Å²) >= 11 is 5.14. The fourth-order valence-corrected chi connectivity index (χ4v) is 2.08. The SMILES string of the molecule is S=c1[nH]ncn1C1COc2ccccc21. The fourth-order valence-electron chi connectivity index (χ4n) is 1.85. The molecule has 5 heteroatoms. The minimum Gasteiger partial charge on any atom is -0.491 e. The molecule has 3 rings (SSSR count). The molecule has 76 valence electrons. The van der Waals surface area contributed by atoms with Gasteiger partial charge in [-0.15, -0.1) is 0 Å². The second kappa shape index (κ2) is 3.20. The second-order valence-electron chi connectivity index (χ2n) is 3.43. The molecule has 1 aromatic carbocycles. The summed E-state index contributed by atoms with van der Waals surface area (Å²) in [6.07, 6.45) is 1.71. The average molecular weight is 219 g/mol. The molecule has 2 heterocycles. The largest absolute Gasteiger partial charge is 0.491 e. The van der Waals surface area contributed by atoms with E-state index in [0.717, 1.165) is 11.3 Å². The van der Waals surface area contributed by atoms with Crippen LogP contribution in [0.15, 0.2) is 30.6 Å². The van der Waals surface area contributed by atoms with Gasteiger partial charge in [-0.2, -0.15) is 5.10 Å². The van der Waals surface area contributed by atoms with Crippen LogP contribution in [-0.4, -0.2) is 21.4 Å². The summed E-state index contributed by atoms with van der Waals surface area (Å²) in [5, 5.41) is 6.67. The van der Waals surface area contributed by atoms with Crippen molar-refractivity contribution in [3.63, 3.8) is 0 Å². The van der Waals surface area contributed by atoms with E-state index in [1.807, 2.05) is 22.8 Å². The van der Waals surface area contributed by atoms with E-state index in [-0.39, 0.29) is 6.04 Å². The fraction of sp³-hybridized carbons (Fsp3) is 0.200. The van der Waals surface area contributed by atoms with Gasteiger partial charge in [0.1, 0.15) is 18.7 Å². The van der Waals surface area contributed by atoms with E-state index in [9.17, 15) is 0 Å². The quantitative estimate of drug-likeness (QED) is 0.745. The van der Waals surface area contributed by atoms with Crippen LogP contribution in [0.4, 0.5) is 0 Å². The van der Waals surface area contributed by atoms with E-state index >= 15 is 0 Å². The molecule has 15 heavy (non-hydrogen) atoms. The van der Waals surface area contributed by atoms with Crippen LogP contribution < -0.4 is 4.74 Å². The molecule has 0 radical (unpaired) electrons. The Morgan fingerprint density at radius 3 is 3.13 bits per heavy atom. The van der Waals surface area contributed by atoms with Crippen LogP contribution in [0.25, 0.3) is 0 Å². The monoisotopic (exact) mass is 219 g/mol. The number of fused-ring (bicyclic) bond motifs is 1. The lowest BCUT2D eigenvalue weighted by atomic mass is 10.1. The number of para-hydroxylation sites is 1. The number of hydrogen-bond donors (Lipinski definition) is 1.